The lowest BCUT2D eigenvalue weighted by atomic mass is 10.00. The zero-order chi connectivity index (χ0) is 22.9. The second-order valence-corrected chi connectivity index (χ2v) is 8.16. The van der Waals surface area contributed by atoms with E-state index in [0.29, 0.717) is 17.4 Å². The topological polar surface area (TPSA) is 128 Å². The summed E-state index contributed by atoms with van der Waals surface area (Å²) in [7, 11) is 3.50. The van der Waals surface area contributed by atoms with Gasteiger partial charge in [0.15, 0.2) is 5.82 Å². The standard InChI is InChI=1S/C23H25N9O/c1-31-21-18(29-30-31)11-16(13-26-21)19-20(15-5-3-14(12-24)4-6-15)27-23(28-22(19)33-2)32-9-7-17(25)8-10-32/h3-6,11,13,17,29-30H,7-10,25H2,1-2H3. The molecule has 33 heavy (non-hydrogen) atoms. The van der Waals surface area contributed by atoms with Crippen molar-refractivity contribution in [3.8, 4) is 34.3 Å². The van der Waals surface area contributed by atoms with Crippen molar-refractivity contribution in [3.05, 3.63) is 42.1 Å². The van der Waals surface area contributed by atoms with E-state index < -0.39 is 0 Å². The van der Waals surface area contributed by atoms with Gasteiger partial charge in [0, 0.05) is 43.5 Å². The molecule has 4 heterocycles. The third-order valence-corrected chi connectivity index (χ3v) is 6.00. The largest absolute Gasteiger partial charge is 0.480 e. The van der Waals surface area contributed by atoms with Crippen LogP contribution in [0.1, 0.15) is 18.4 Å². The number of fused-ring (bicyclic) bond motifs is 1. The van der Waals surface area contributed by atoms with E-state index in [0.717, 1.165) is 59.8 Å². The van der Waals surface area contributed by atoms with Crippen molar-refractivity contribution in [1.29, 1.82) is 5.26 Å². The highest BCUT2D eigenvalue weighted by atomic mass is 16.5. The summed E-state index contributed by atoms with van der Waals surface area (Å²) < 4.78 is 5.77. The van der Waals surface area contributed by atoms with Gasteiger partial charge in [-0.1, -0.05) is 12.1 Å². The van der Waals surface area contributed by atoms with Crippen molar-refractivity contribution < 1.29 is 4.74 Å². The molecule has 5 rings (SSSR count). The van der Waals surface area contributed by atoms with E-state index in [1.165, 1.54) is 0 Å². The third-order valence-electron chi connectivity index (χ3n) is 6.00. The summed E-state index contributed by atoms with van der Waals surface area (Å²) >= 11 is 0. The molecule has 0 spiro atoms. The van der Waals surface area contributed by atoms with Crippen molar-refractivity contribution in [3.63, 3.8) is 0 Å². The maximum atomic E-state index is 9.22. The van der Waals surface area contributed by atoms with Gasteiger partial charge in [0.2, 0.25) is 11.8 Å². The number of ether oxygens (including phenoxy) is 1. The lowest BCUT2D eigenvalue weighted by Gasteiger charge is -2.31. The molecular formula is C23H25N9O. The predicted molar refractivity (Wildman–Crippen MR) is 127 cm³/mol. The lowest BCUT2D eigenvalue weighted by molar-refractivity contribution is 0.397. The number of piperidine rings is 1. The molecule has 2 aliphatic rings. The Morgan fingerprint density at radius 3 is 2.61 bits per heavy atom. The molecule has 168 valence electrons. The summed E-state index contributed by atoms with van der Waals surface area (Å²) in [5.74, 6) is 1.87. The number of rotatable bonds is 4. The first-order valence-electron chi connectivity index (χ1n) is 10.8. The van der Waals surface area contributed by atoms with E-state index in [9.17, 15) is 5.26 Å². The third kappa shape index (κ3) is 3.88. The number of nitrogens with zero attached hydrogens (tertiary/aromatic N) is 6. The van der Waals surface area contributed by atoms with Crippen molar-refractivity contribution in [2.75, 3.05) is 42.6 Å². The van der Waals surface area contributed by atoms with Gasteiger partial charge in [-0.15, -0.1) is 5.53 Å². The summed E-state index contributed by atoms with van der Waals surface area (Å²) in [5.41, 5.74) is 16.8. The predicted octanol–water partition coefficient (Wildman–Crippen LogP) is 2.29. The summed E-state index contributed by atoms with van der Waals surface area (Å²) in [6.45, 7) is 1.58. The fraction of sp³-hybridized carbons (Fsp3) is 0.304. The number of benzene rings is 1. The van der Waals surface area contributed by atoms with E-state index in [1.807, 2.05) is 25.2 Å². The van der Waals surface area contributed by atoms with Gasteiger partial charge in [-0.3, -0.25) is 5.01 Å². The molecule has 0 amide bonds. The minimum absolute atomic E-state index is 0.206. The van der Waals surface area contributed by atoms with E-state index in [1.54, 1.807) is 30.4 Å². The van der Waals surface area contributed by atoms with Crippen LogP contribution in [-0.2, 0) is 0 Å². The Morgan fingerprint density at radius 1 is 1.15 bits per heavy atom. The van der Waals surface area contributed by atoms with E-state index in [2.05, 4.69) is 26.9 Å². The molecule has 0 bridgehead atoms. The Morgan fingerprint density at radius 2 is 1.91 bits per heavy atom. The monoisotopic (exact) mass is 443 g/mol. The normalized spacial score (nSPS) is 15.7. The SMILES string of the molecule is COc1nc(N2CCC(N)CC2)nc(-c2ccc(C#N)cc2)c1-c1cnc2c(c1)NNN2C. The molecule has 10 heteroatoms. The number of hydrogen-bond donors (Lipinski definition) is 3. The number of nitrogens with one attached hydrogen (secondary N) is 2. The Hall–Kier alpha value is -3.94. The zero-order valence-corrected chi connectivity index (χ0v) is 18.5. The van der Waals surface area contributed by atoms with Crippen LogP contribution in [0.2, 0.25) is 0 Å². The molecule has 0 saturated carbocycles. The molecule has 2 aromatic heterocycles. The van der Waals surface area contributed by atoms with Crippen LogP contribution >= 0.6 is 0 Å². The molecule has 1 saturated heterocycles. The van der Waals surface area contributed by atoms with Crippen molar-refractivity contribution in [2.45, 2.75) is 18.9 Å². The van der Waals surface area contributed by atoms with Crippen molar-refractivity contribution >= 4 is 17.5 Å². The van der Waals surface area contributed by atoms with E-state index in [4.69, 9.17) is 20.4 Å². The molecule has 2 aliphatic heterocycles. The van der Waals surface area contributed by atoms with Gasteiger partial charge >= 0.3 is 0 Å². The van der Waals surface area contributed by atoms with Gasteiger partial charge < -0.3 is 20.8 Å². The molecule has 1 aromatic carbocycles. The maximum absolute atomic E-state index is 9.22. The van der Waals surface area contributed by atoms with Crippen LogP contribution in [0.3, 0.4) is 0 Å². The Bertz CT molecular complexity index is 1210. The van der Waals surface area contributed by atoms with E-state index in [-0.39, 0.29) is 6.04 Å². The van der Waals surface area contributed by atoms with Crippen LogP contribution < -0.4 is 31.3 Å². The number of pyridine rings is 1. The van der Waals surface area contributed by atoms with Gasteiger partial charge in [0.05, 0.1) is 35.7 Å². The second-order valence-electron chi connectivity index (χ2n) is 8.16. The molecule has 0 atom stereocenters. The number of anilines is 3. The fourth-order valence-electron chi connectivity index (χ4n) is 4.14. The smallest absolute Gasteiger partial charge is 0.229 e. The van der Waals surface area contributed by atoms with Gasteiger partial charge in [0.1, 0.15) is 0 Å². The lowest BCUT2D eigenvalue weighted by Crippen LogP contribution is -2.40. The summed E-state index contributed by atoms with van der Waals surface area (Å²) in [6, 6.07) is 11.7. The van der Waals surface area contributed by atoms with Crippen LogP contribution in [0.4, 0.5) is 17.5 Å². The number of nitrogens with two attached hydrogens (primary N) is 1. The minimum atomic E-state index is 0.206. The number of aromatic nitrogens is 3. The first-order valence-corrected chi connectivity index (χ1v) is 10.8. The summed E-state index contributed by atoms with van der Waals surface area (Å²) in [5, 5.41) is 11.0. The van der Waals surface area contributed by atoms with Crippen molar-refractivity contribution in [2.24, 2.45) is 5.73 Å². The number of hydrogen-bond acceptors (Lipinski definition) is 10. The molecule has 0 unspecified atom stereocenters. The second kappa shape index (κ2) is 8.54. The molecule has 3 aromatic rings. The van der Waals surface area contributed by atoms with Crippen molar-refractivity contribution in [1.82, 2.24) is 20.5 Å². The molecule has 0 radical (unpaired) electrons. The highest BCUT2D eigenvalue weighted by Crippen LogP contribution is 2.41. The number of methoxy groups -OCH3 is 1. The highest BCUT2D eigenvalue weighted by Gasteiger charge is 2.25. The maximum Gasteiger partial charge on any atom is 0.229 e. The van der Waals surface area contributed by atoms with E-state index >= 15 is 0 Å². The van der Waals surface area contributed by atoms with Crippen LogP contribution in [-0.4, -0.2) is 48.2 Å². The van der Waals surface area contributed by atoms with Crippen LogP contribution in [0.15, 0.2) is 36.5 Å². The highest BCUT2D eigenvalue weighted by molar-refractivity contribution is 5.87. The quantitative estimate of drug-likeness (QED) is 0.552. The van der Waals surface area contributed by atoms with Crippen LogP contribution in [0, 0.1) is 11.3 Å². The minimum Gasteiger partial charge on any atom is -0.480 e. The summed E-state index contributed by atoms with van der Waals surface area (Å²) in [6.07, 6.45) is 3.57. The molecule has 4 N–H and O–H groups in total. The first kappa shape index (κ1) is 20.9. The van der Waals surface area contributed by atoms with Crippen LogP contribution in [0.5, 0.6) is 5.88 Å². The zero-order valence-electron chi connectivity index (χ0n) is 18.5. The van der Waals surface area contributed by atoms with Crippen LogP contribution in [0.25, 0.3) is 22.4 Å². The average Bonchev–Trinajstić information content (AvgIpc) is 3.23. The van der Waals surface area contributed by atoms with Gasteiger partial charge in [0.25, 0.3) is 0 Å². The Labute approximate surface area is 192 Å². The molecule has 0 aliphatic carbocycles. The van der Waals surface area contributed by atoms with Gasteiger partial charge in [-0.2, -0.15) is 10.2 Å². The fourth-order valence-corrected chi connectivity index (χ4v) is 4.14. The molecular weight excluding hydrogens is 418 g/mol. The number of hydrazine groups is 2. The van der Waals surface area contributed by atoms with Gasteiger partial charge in [-0.05, 0) is 31.0 Å². The summed E-state index contributed by atoms with van der Waals surface area (Å²) in [4.78, 5) is 16.5. The molecule has 10 nitrogen and oxygen atoms in total. The average molecular weight is 444 g/mol. The Kier molecular flexibility index (Phi) is 5.42. The first-order chi connectivity index (χ1) is 16.1. The Balaban J connectivity index is 1.67. The molecule has 1 fully saturated rings. The number of nitriles is 1. The van der Waals surface area contributed by atoms with Gasteiger partial charge in [-0.25, -0.2) is 9.97 Å².